The zero-order chi connectivity index (χ0) is 23.9. The van der Waals surface area contributed by atoms with Crippen LogP contribution in [-0.4, -0.2) is 19.1 Å². The molecule has 1 N–H and O–H groups in total. The van der Waals surface area contributed by atoms with Gasteiger partial charge in [-0.1, -0.05) is 35.9 Å². The van der Waals surface area contributed by atoms with Crippen molar-refractivity contribution in [1.29, 1.82) is 0 Å². The molecule has 3 atom stereocenters. The van der Waals surface area contributed by atoms with Gasteiger partial charge in [-0.2, -0.15) is 0 Å². The molecule has 0 saturated heterocycles. The highest BCUT2D eigenvalue weighted by Gasteiger charge is 2.61. The van der Waals surface area contributed by atoms with Crippen molar-refractivity contribution in [3.8, 4) is 11.5 Å². The Hall–Kier alpha value is -2.49. The van der Waals surface area contributed by atoms with E-state index in [1.54, 1.807) is 0 Å². The van der Waals surface area contributed by atoms with Gasteiger partial charge in [0, 0.05) is 0 Å². The van der Waals surface area contributed by atoms with E-state index in [0.717, 1.165) is 36.3 Å². The quantitative estimate of drug-likeness (QED) is 0.488. The summed E-state index contributed by atoms with van der Waals surface area (Å²) in [5.41, 5.74) is 3.73. The Labute approximate surface area is 204 Å². The number of carbonyl (C=O) groups excluding carboxylic acids is 1. The van der Waals surface area contributed by atoms with E-state index in [4.69, 9.17) is 9.47 Å². The van der Waals surface area contributed by atoms with E-state index in [9.17, 15) is 4.79 Å². The van der Waals surface area contributed by atoms with Gasteiger partial charge in [0.25, 0.3) is 0 Å². The second-order valence-electron chi connectivity index (χ2n) is 11.2. The average Bonchev–Trinajstić information content (AvgIpc) is 2.80. The molecule has 4 fully saturated rings. The third-order valence-corrected chi connectivity index (χ3v) is 8.62. The molecule has 4 nitrogen and oxygen atoms in total. The van der Waals surface area contributed by atoms with Crippen LogP contribution in [0.2, 0.25) is 0 Å². The first-order valence-electron chi connectivity index (χ1n) is 13.1. The van der Waals surface area contributed by atoms with Crippen molar-refractivity contribution in [3.05, 3.63) is 59.2 Å². The summed E-state index contributed by atoms with van der Waals surface area (Å²) in [5, 5.41) is 3.42. The van der Waals surface area contributed by atoms with Crippen LogP contribution in [0, 0.1) is 24.2 Å². The molecule has 0 unspecified atom stereocenters. The number of hydrogen-bond acceptors (Lipinski definition) is 3. The van der Waals surface area contributed by atoms with Crippen molar-refractivity contribution in [2.24, 2.45) is 17.3 Å². The maximum absolute atomic E-state index is 13.9. The maximum atomic E-state index is 13.9. The summed E-state index contributed by atoms with van der Waals surface area (Å²) < 4.78 is 11.5. The van der Waals surface area contributed by atoms with E-state index < -0.39 is 0 Å². The van der Waals surface area contributed by atoms with E-state index in [1.165, 1.54) is 30.4 Å². The van der Waals surface area contributed by atoms with Gasteiger partial charge in [0.2, 0.25) is 5.91 Å². The van der Waals surface area contributed by atoms with Crippen LogP contribution in [0.25, 0.3) is 0 Å². The summed E-state index contributed by atoms with van der Waals surface area (Å²) in [6, 6.07) is 15.1. The van der Waals surface area contributed by atoms with Gasteiger partial charge in [-0.15, -0.1) is 0 Å². The molecule has 2 aromatic carbocycles. The third kappa shape index (κ3) is 4.10. The number of amides is 1. The van der Waals surface area contributed by atoms with Crippen LogP contribution in [0.5, 0.6) is 11.5 Å². The summed E-state index contributed by atoms with van der Waals surface area (Å²) in [5.74, 6) is 3.08. The van der Waals surface area contributed by atoms with Gasteiger partial charge in [-0.05, 0) is 107 Å². The molecule has 4 heteroatoms. The first-order valence-corrected chi connectivity index (χ1v) is 13.1. The lowest BCUT2D eigenvalue weighted by atomic mass is 9.42. The Morgan fingerprint density at radius 1 is 0.971 bits per heavy atom. The fourth-order valence-corrected chi connectivity index (χ4v) is 7.54. The van der Waals surface area contributed by atoms with Crippen LogP contribution in [0.15, 0.2) is 42.5 Å². The summed E-state index contributed by atoms with van der Waals surface area (Å²) >= 11 is 0. The van der Waals surface area contributed by atoms with Crippen LogP contribution >= 0.6 is 0 Å². The van der Waals surface area contributed by atoms with Crippen LogP contribution in [0.1, 0.15) is 82.0 Å². The molecule has 4 saturated carbocycles. The van der Waals surface area contributed by atoms with Crippen LogP contribution in [0.3, 0.4) is 0 Å². The Balaban J connectivity index is 1.37. The molecular formula is C30H39NO3. The molecule has 182 valence electrons. The second-order valence-corrected chi connectivity index (χ2v) is 11.2. The van der Waals surface area contributed by atoms with Gasteiger partial charge in [0.05, 0.1) is 24.7 Å². The molecule has 0 radical (unpaired) electrons. The largest absolute Gasteiger partial charge is 0.490 e. The van der Waals surface area contributed by atoms with Gasteiger partial charge >= 0.3 is 0 Å². The Bertz CT molecular complexity index is 1030. The lowest BCUT2D eigenvalue weighted by Crippen LogP contribution is -2.59. The normalized spacial score (nSPS) is 30.1. The molecule has 6 rings (SSSR count). The molecule has 2 aromatic rings. The van der Waals surface area contributed by atoms with E-state index in [2.05, 4.69) is 43.4 Å². The number of carbonyl (C=O) groups is 1. The number of benzene rings is 2. The zero-order valence-corrected chi connectivity index (χ0v) is 21.2. The van der Waals surface area contributed by atoms with Gasteiger partial charge in [0.1, 0.15) is 0 Å². The first-order chi connectivity index (χ1) is 16.4. The second kappa shape index (κ2) is 8.94. The molecule has 0 aliphatic heterocycles. The molecule has 4 aliphatic rings. The number of aryl methyl sites for hydroxylation is 1. The summed E-state index contributed by atoms with van der Waals surface area (Å²) in [6.45, 7) is 9.36. The van der Waals surface area contributed by atoms with Gasteiger partial charge in [-0.3, -0.25) is 4.79 Å². The summed E-state index contributed by atoms with van der Waals surface area (Å²) in [4.78, 5) is 13.9. The number of rotatable bonds is 8. The lowest BCUT2D eigenvalue weighted by molar-refractivity contribution is -0.149. The van der Waals surface area contributed by atoms with Gasteiger partial charge < -0.3 is 14.8 Å². The highest BCUT2D eigenvalue weighted by molar-refractivity contribution is 5.84. The summed E-state index contributed by atoms with van der Waals surface area (Å²) in [6.07, 6.45) is 6.87. The maximum Gasteiger partial charge on any atom is 0.226 e. The monoisotopic (exact) mass is 461 g/mol. The molecule has 0 aromatic heterocycles. The molecule has 4 bridgehead atoms. The Morgan fingerprint density at radius 2 is 1.62 bits per heavy atom. The topological polar surface area (TPSA) is 47.6 Å². The predicted octanol–water partition coefficient (Wildman–Crippen LogP) is 6.51. The molecule has 34 heavy (non-hydrogen) atoms. The van der Waals surface area contributed by atoms with E-state index in [-0.39, 0.29) is 22.8 Å². The number of nitrogens with one attached hydrogen (secondary N) is 1. The molecular weight excluding hydrogens is 422 g/mol. The first kappa shape index (κ1) is 23.3. The molecule has 1 amide bonds. The zero-order valence-electron chi connectivity index (χ0n) is 21.2. The van der Waals surface area contributed by atoms with E-state index >= 15 is 0 Å². The minimum atomic E-state index is -0.239. The van der Waals surface area contributed by atoms with Gasteiger partial charge in [-0.25, -0.2) is 0 Å². The van der Waals surface area contributed by atoms with Crippen molar-refractivity contribution < 1.29 is 14.3 Å². The lowest BCUT2D eigenvalue weighted by Gasteiger charge is -2.61. The predicted molar refractivity (Wildman–Crippen MR) is 135 cm³/mol. The van der Waals surface area contributed by atoms with Crippen LogP contribution in [0.4, 0.5) is 0 Å². The van der Waals surface area contributed by atoms with Crippen molar-refractivity contribution in [2.75, 3.05) is 13.2 Å². The highest BCUT2D eigenvalue weighted by atomic mass is 16.5. The SMILES string of the molecule is CCOc1ccc([C@@H](C)NC(=O)C23C[C@@H]4C[C@@H](C2)CC(c2ccc(C)cc2)(C4)C3)cc1OCC. The molecule has 0 spiro atoms. The average molecular weight is 462 g/mol. The minimum absolute atomic E-state index is 0.0780. The van der Waals surface area contributed by atoms with Crippen molar-refractivity contribution in [2.45, 2.75) is 77.7 Å². The van der Waals surface area contributed by atoms with Crippen LogP contribution < -0.4 is 14.8 Å². The molecule has 0 heterocycles. The standard InChI is InChI=1S/C30H39NO3/c1-5-33-26-12-9-24(14-27(26)34-6-2)21(4)31-28(32)30-17-22-13-23(18-30)16-29(15-22,19-30)25-10-7-20(3)8-11-25/h7-12,14,21-23H,5-6,13,15-19H2,1-4H3,(H,31,32)/t21-,22-,23-,29?,30?/m1/s1. The third-order valence-electron chi connectivity index (χ3n) is 8.62. The van der Waals surface area contributed by atoms with E-state index in [0.29, 0.717) is 25.0 Å². The summed E-state index contributed by atoms with van der Waals surface area (Å²) in [7, 11) is 0. The van der Waals surface area contributed by atoms with Crippen molar-refractivity contribution >= 4 is 5.91 Å². The van der Waals surface area contributed by atoms with Crippen molar-refractivity contribution in [1.82, 2.24) is 5.32 Å². The Kier molecular flexibility index (Phi) is 6.12. The highest BCUT2D eigenvalue weighted by Crippen LogP contribution is 2.65. The fourth-order valence-electron chi connectivity index (χ4n) is 7.54. The molecule has 4 aliphatic carbocycles. The van der Waals surface area contributed by atoms with Gasteiger partial charge in [0.15, 0.2) is 11.5 Å². The smallest absolute Gasteiger partial charge is 0.226 e. The number of ether oxygens (including phenoxy) is 2. The minimum Gasteiger partial charge on any atom is -0.490 e. The van der Waals surface area contributed by atoms with Crippen molar-refractivity contribution in [3.63, 3.8) is 0 Å². The fraction of sp³-hybridized carbons (Fsp3) is 0.567. The Morgan fingerprint density at radius 3 is 2.26 bits per heavy atom. The van der Waals surface area contributed by atoms with Crippen LogP contribution in [-0.2, 0) is 10.2 Å². The number of hydrogen-bond donors (Lipinski definition) is 1. The van der Waals surface area contributed by atoms with E-state index in [1.807, 2.05) is 32.0 Å².